The molecule has 1 saturated carbocycles. The summed E-state index contributed by atoms with van der Waals surface area (Å²) in [6.07, 6.45) is 5.22. The van der Waals surface area contributed by atoms with Gasteiger partial charge in [0.15, 0.2) is 0 Å². The lowest BCUT2D eigenvalue weighted by molar-refractivity contribution is 0.0939. The molecular weight excluding hydrogens is 264 g/mol. The summed E-state index contributed by atoms with van der Waals surface area (Å²) in [5, 5.41) is 4.77. The van der Waals surface area contributed by atoms with Gasteiger partial charge in [-0.25, -0.2) is 10.8 Å². The van der Waals surface area contributed by atoms with E-state index in [1.54, 1.807) is 6.20 Å². The average Bonchev–Trinajstić information content (AvgIpc) is 3.29. The van der Waals surface area contributed by atoms with Crippen LogP contribution in [-0.4, -0.2) is 16.9 Å². The van der Waals surface area contributed by atoms with Crippen LogP contribution in [0.25, 0.3) is 10.8 Å². The van der Waals surface area contributed by atoms with Gasteiger partial charge in [0.1, 0.15) is 5.82 Å². The van der Waals surface area contributed by atoms with Crippen molar-refractivity contribution in [2.45, 2.75) is 32.2 Å². The Hall–Kier alpha value is -2.14. The highest BCUT2D eigenvalue weighted by Crippen LogP contribution is 2.33. The third-order valence-electron chi connectivity index (χ3n) is 3.94. The first-order valence-corrected chi connectivity index (χ1v) is 7.34. The fourth-order valence-electron chi connectivity index (χ4n) is 2.70. The minimum absolute atomic E-state index is 0.0737. The molecule has 1 fully saturated rings. The fraction of sp³-hybridized carbons (Fsp3) is 0.375. The Labute approximate surface area is 123 Å². The number of nitrogens with zero attached hydrogens (tertiary/aromatic N) is 1. The molecule has 0 spiro atoms. The number of carbonyl (C=O) groups excluding carboxylic acids is 1. The Morgan fingerprint density at radius 3 is 2.76 bits per heavy atom. The molecule has 0 saturated heterocycles. The zero-order valence-corrected chi connectivity index (χ0v) is 12.1. The predicted molar refractivity (Wildman–Crippen MR) is 83.8 cm³/mol. The molecule has 1 unspecified atom stereocenters. The summed E-state index contributed by atoms with van der Waals surface area (Å²) in [5.74, 6) is 6.77. The lowest BCUT2D eigenvalue weighted by atomic mass is 10.1. The van der Waals surface area contributed by atoms with Crippen molar-refractivity contribution in [1.82, 2.24) is 10.3 Å². The standard InChI is InChI=1S/C16H20N4O/c1-10(8-11-6-7-11)19-16(21)14-9-18-15(20-17)13-5-3-2-4-12(13)14/h2-5,9-11H,6-8,17H2,1H3,(H,18,20)(H,19,21). The van der Waals surface area contributed by atoms with E-state index in [4.69, 9.17) is 5.84 Å². The number of nitrogen functional groups attached to an aromatic ring is 1. The van der Waals surface area contributed by atoms with Crippen molar-refractivity contribution in [3.05, 3.63) is 36.0 Å². The van der Waals surface area contributed by atoms with Crippen LogP contribution in [0.3, 0.4) is 0 Å². The molecule has 21 heavy (non-hydrogen) atoms. The van der Waals surface area contributed by atoms with E-state index < -0.39 is 0 Å². The summed E-state index contributed by atoms with van der Waals surface area (Å²) in [4.78, 5) is 16.7. The van der Waals surface area contributed by atoms with E-state index in [2.05, 4.69) is 22.7 Å². The monoisotopic (exact) mass is 284 g/mol. The van der Waals surface area contributed by atoms with Crippen LogP contribution < -0.4 is 16.6 Å². The average molecular weight is 284 g/mol. The molecule has 2 aromatic rings. The summed E-state index contributed by atoms with van der Waals surface area (Å²) in [7, 11) is 0. The van der Waals surface area contributed by atoms with Gasteiger partial charge in [0.2, 0.25) is 0 Å². The van der Waals surface area contributed by atoms with Gasteiger partial charge in [-0.3, -0.25) is 4.79 Å². The summed E-state index contributed by atoms with van der Waals surface area (Å²) >= 11 is 0. The Bertz CT molecular complexity index is 666. The normalized spacial score (nSPS) is 15.7. The highest BCUT2D eigenvalue weighted by Gasteiger charge is 2.24. The predicted octanol–water partition coefficient (Wildman–Crippen LogP) is 2.44. The molecule has 1 aliphatic rings. The fourth-order valence-corrected chi connectivity index (χ4v) is 2.70. The van der Waals surface area contributed by atoms with Gasteiger partial charge >= 0.3 is 0 Å². The topological polar surface area (TPSA) is 80.0 Å². The van der Waals surface area contributed by atoms with Gasteiger partial charge in [-0.15, -0.1) is 0 Å². The molecule has 5 heteroatoms. The zero-order chi connectivity index (χ0) is 14.8. The maximum Gasteiger partial charge on any atom is 0.253 e. The molecule has 3 rings (SSSR count). The number of pyridine rings is 1. The van der Waals surface area contributed by atoms with Crippen LogP contribution >= 0.6 is 0 Å². The Kier molecular flexibility index (Phi) is 3.75. The lowest BCUT2D eigenvalue weighted by Crippen LogP contribution is -2.33. The lowest BCUT2D eigenvalue weighted by Gasteiger charge is -2.15. The SMILES string of the molecule is CC(CC1CC1)NC(=O)c1cnc(NN)c2ccccc12. The second-order valence-corrected chi connectivity index (χ2v) is 5.76. The van der Waals surface area contributed by atoms with Gasteiger partial charge in [0, 0.05) is 17.6 Å². The van der Waals surface area contributed by atoms with Crippen molar-refractivity contribution in [2.24, 2.45) is 11.8 Å². The maximum atomic E-state index is 12.5. The maximum absolute atomic E-state index is 12.5. The molecule has 1 aromatic carbocycles. The van der Waals surface area contributed by atoms with E-state index in [9.17, 15) is 4.79 Å². The number of amides is 1. The highest BCUT2D eigenvalue weighted by molar-refractivity contribution is 6.09. The summed E-state index contributed by atoms with van der Waals surface area (Å²) < 4.78 is 0. The Morgan fingerprint density at radius 1 is 1.38 bits per heavy atom. The second-order valence-electron chi connectivity index (χ2n) is 5.76. The van der Waals surface area contributed by atoms with Crippen LogP contribution in [0.4, 0.5) is 5.82 Å². The van der Waals surface area contributed by atoms with Gasteiger partial charge in [-0.2, -0.15) is 0 Å². The largest absolute Gasteiger partial charge is 0.350 e. The van der Waals surface area contributed by atoms with Crippen molar-refractivity contribution in [3.63, 3.8) is 0 Å². The minimum Gasteiger partial charge on any atom is -0.350 e. The highest BCUT2D eigenvalue weighted by atomic mass is 16.1. The molecular formula is C16H20N4O. The number of benzene rings is 1. The van der Waals surface area contributed by atoms with Crippen molar-refractivity contribution < 1.29 is 4.79 Å². The van der Waals surface area contributed by atoms with Gasteiger partial charge in [-0.05, 0) is 24.6 Å². The smallest absolute Gasteiger partial charge is 0.253 e. The molecule has 1 atom stereocenters. The van der Waals surface area contributed by atoms with Gasteiger partial charge in [-0.1, -0.05) is 37.1 Å². The number of nitrogens with one attached hydrogen (secondary N) is 2. The molecule has 0 bridgehead atoms. The Morgan fingerprint density at radius 2 is 2.10 bits per heavy atom. The third-order valence-corrected chi connectivity index (χ3v) is 3.94. The molecule has 1 aliphatic carbocycles. The van der Waals surface area contributed by atoms with Crippen LogP contribution in [0.1, 0.15) is 36.5 Å². The number of hydrazine groups is 1. The molecule has 1 aromatic heterocycles. The molecule has 0 radical (unpaired) electrons. The summed E-state index contributed by atoms with van der Waals surface area (Å²) in [6.45, 7) is 2.06. The van der Waals surface area contributed by atoms with Crippen LogP contribution in [0.2, 0.25) is 0 Å². The minimum atomic E-state index is -0.0737. The van der Waals surface area contributed by atoms with Gasteiger partial charge < -0.3 is 10.7 Å². The van der Waals surface area contributed by atoms with E-state index in [0.29, 0.717) is 11.4 Å². The van der Waals surface area contributed by atoms with Crippen molar-refractivity contribution in [1.29, 1.82) is 0 Å². The number of hydrogen-bond donors (Lipinski definition) is 3. The number of fused-ring (bicyclic) bond motifs is 1. The molecule has 1 amide bonds. The number of hydrogen-bond acceptors (Lipinski definition) is 4. The molecule has 110 valence electrons. The second kappa shape index (κ2) is 5.69. The van der Waals surface area contributed by atoms with Crippen LogP contribution in [-0.2, 0) is 0 Å². The van der Waals surface area contributed by atoms with E-state index >= 15 is 0 Å². The van der Waals surface area contributed by atoms with Gasteiger partial charge in [0.25, 0.3) is 5.91 Å². The number of rotatable bonds is 5. The molecule has 5 nitrogen and oxygen atoms in total. The number of nitrogens with two attached hydrogens (primary N) is 1. The Balaban J connectivity index is 1.87. The van der Waals surface area contributed by atoms with E-state index in [1.807, 2.05) is 24.3 Å². The first-order valence-electron chi connectivity index (χ1n) is 7.34. The zero-order valence-electron chi connectivity index (χ0n) is 12.1. The van der Waals surface area contributed by atoms with E-state index in [1.165, 1.54) is 12.8 Å². The first kappa shape index (κ1) is 13.8. The number of anilines is 1. The number of aromatic nitrogens is 1. The summed E-state index contributed by atoms with van der Waals surface area (Å²) in [5.41, 5.74) is 3.16. The van der Waals surface area contributed by atoms with E-state index in [-0.39, 0.29) is 11.9 Å². The van der Waals surface area contributed by atoms with Crippen LogP contribution in [0.15, 0.2) is 30.5 Å². The van der Waals surface area contributed by atoms with Crippen molar-refractivity contribution >= 4 is 22.5 Å². The molecule has 1 heterocycles. The summed E-state index contributed by atoms with van der Waals surface area (Å²) in [6, 6.07) is 7.83. The van der Waals surface area contributed by atoms with Crippen LogP contribution in [0.5, 0.6) is 0 Å². The van der Waals surface area contributed by atoms with E-state index in [0.717, 1.165) is 23.1 Å². The molecule has 4 N–H and O–H groups in total. The van der Waals surface area contributed by atoms with Crippen LogP contribution in [0, 0.1) is 5.92 Å². The first-order chi connectivity index (χ1) is 10.2. The van der Waals surface area contributed by atoms with Crippen molar-refractivity contribution in [2.75, 3.05) is 5.43 Å². The third kappa shape index (κ3) is 2.97. The van der Waals surface area contributed by atoms with Gasteiger partial charge in [0.05, 0.1) is 5.56 Å². The quantitative estimate of drug-likeness (QED) is 0.582. The molecule has 0 aliphatic heterocycles. The van der Waals surface area contributed by atoms with Crippen molar-refractivity contribution in [3.8, 4) is 0 Å². The number of carbonyl (C=O) groups is 1.